The normalized spacial score (nSPS) is 17.2. The number of aromatic nitrogens is 3. The van der Waals surface area contributed by atoms with E-state index in [9.17, 15) is 9.90 Å². The van der Waals surface area contributed by atoms with Gasteiger partial charge in [0, 0.05) is 7.05 Å². The maximum atomic E-state index is 12.4. The molecule has 2 amide bonds. The van der Waals surface area contributed by atoms with Gasteiger partial charge in [0.2, 0.25) is 0 Å². The van der Waals surface area contributed by atoms with Crippen molar-refractivity contribution in [1.29, 1.82) is 0 Å². The van der Waals surface area contributed by atoms with E-state index >= 15 is 0 Å². The monoisotopic (exact) mass is 343 g/mol. The molecule has 134 valence electrons. The number of likely N-dealkylation sites (N-methyl/N-ethyl adjacent to an activating group) is 1. The number of hydrogen-bond donors (Lipinski definition) is 2. The highest BCUT2D eigenvalue weighted by Crippen LogP contribution is 2.30. The van der Waals surface area contributed by atoms with Gasteiger partial charge in [-0.1, -0.05) is 30.2 Å². The van der Waals surface area contributed by atoms with Crippen LogP contribution < -0.4 is 5.32 Å². The molecule has 7 nitrogen and oxygen atoms in total. The van der Waals surface area contributed by atoms with Crippen molar-refractivity contribution < 1.29 is 9.90 Å². The molecule has 1 fully saturated rings. The lowest BCUT2D eigenvalue weighted by atomic mass is 10.0. The Hall–Kier alpha value is -2.41. The second-order valence-electron chi connectivity index (χ2n) is 6.90. The van der Waals surface area contributed by atoms with Crippen LogP contribution in [-0.4, -0.2) is 50.2 Å². The van der Waals surface area contributed by atoms with E-state index in [1.54, 1.807) is 29.0 Å². The van der Waals surface area contributed by atoms with Gasteiger partial charge in [0.15, 0.2) is 0 Å². The zero-order chi connectivity index (χ0) is 17.9. The Labute approximate surface area is 147 Å². The first-order valence-electron chi connectivity index (χ1n) is 8.67. The fourth-order valence-electron chi connectivity index (χ4n) is 3.34. The summed E-state index contributed by atoms with van der Waals surface area (Å²) in [5.41, 5.74) is 1.19. The van der Waals surface area contributed by atoms with Crippen LogP contribution in [0.15, 0.2) is 36.7 Å². The third-order valence-electron chi connectivity index (χ3n) is 4.83. The molecule has 0 spiro atoms. The van der Waals surface area contributed by atoms with Crippen LogP contribution in [0.5, 0.6) is 0 Å². The average Bonchev–Trinajstić information content (AvgIpc) is 3.27. The van der Waals surface area contributed by atoms with Gasteiger partial charge in [0.05, 0.1) is 36.3 Å². The first kappa shape index (κ1) is 17.4. The van der Waals surface area contributed by atoms with E-state index in [1.807, 2.05) is 31.2 Å². The Morgan fingerprint density at radius 3 is 2.64 bits per heavy atom. The van der Waals surface area contributed by atoms with Crippen molar-refractivity contribution in [3.05, 3.63) is 42.2 Å². The zero-order valence-electron chi connectivity index (χ0n) is 14.7. The Morgan fingerprint density at radius 1 is 1.36 bits per heavy atom. The van der Waals surface area contributed by atoms with Gasteiger partial charge in [-0.05, 0) is 37.5 Å². The predicted molar refractivity (Wildman–Crippen MR) is 94.4 cm³/mol. The minimum absolute atomic E-state index is 0.127. The van der Waals surface area contributed by atoms with Crippen molar-refractivity contribution >= 4 is 6.03 Å². The molecule has 2 N–H and O–H groups in total. The van der Waals surface area contributed by atoms with Crippen molar-refractivity contribution in [1.82, 2.24) is 25.2 Å². The van der Waals surface area contributed by atoms with Gasteiger partial charge in [-0.25, -0.2) is 9.48 Å². The number of carbonyl (C=O) groups excluding carboxylic acids is 1. The molecule has 1 heterocycles. The first-order valence-corrected chi connectivity index (χ1v) is 8.67. The number of benzene rings is 1. The lowest BCUT2D eigenvalue weighted by Gasteiger charge is -2.29. The number of amides is 2. The minimum atomic E-state index is -0.727. The summed E-state index contributed by atoms with van der Waals surface area (Å²) in [6, 6.07) is 7.51. The van der Waals surface area contributed by atoms with Crippen molar-refractivity contribution in [2.45, 2.75) is 44.2 Å². The number of nitrogens with zero attached hydrogens (tertiary/aromatic N) is 4. The van der Waals surface area contributed by atoms with E-state index in [-0.39, 0.29) is 12.1 Å². The van der Waals surface area contributed by atoms with E-state index in [2.05, 4.69) is 15.6 Å². The molecule has 0 saturated heterocycles. The van der Waals surface area contributed by atoms with Gasteiger partial charge < -0.3 is 15.3 Å². The molecule has 1 saturated carbocycles. The number of rotatable bonds is 5. The van der Waals surface area contributed by atoms with Crippen molar-refractivity contribution in [3.8, 4) is 5.69 Å². The van der Waals surface area contributed by atoms with Gasteiger partial charge in [-0.3, -0.25) is 0 Å². The highest BCUT2D eigenvalue weighted by molar-refractivity contribution is 5.74. The smallest absolute Gasteiger partial charge is 0.317 e. The molecule has 7 heteroatoms. The van der Waals surface area contributed by atoms with Crippen LogP contribution >= 0.6 is 0 Å². The number of carbonyl (C=O) groups is 1. The second kappa shape index (κ2) is 7.23. The predicted octanol–water partition coefficient (Wildman–Crippen LogP) is 2.27. The number of hydrogen-bond acceptors (Lipinski definition) is 4. The summed E-state index contributed by atoms with van der Waals surface area (Å²) in [7, 11) is 1.73. The maximum Gasteiger partial charge on any atom is 0.317 e. The Bertz CT molecular complexity index is 693. The zero-order valence-corrected chi connectivity index (χ0v) is 14.7. The first-order chi connectivity index (χ1) is 12.0. The third kappa shape index (κ3) is 4.17. The van der Waals surface area contributed by atoms with Gasteiger partial charge in [-0.15, -0.1) is 5.10 Å². The summed E-state index contributed by atoms with van der Waals surface area (Å²) in [5.74, 6) is 0. The molecule has 2 aromatic rings. The summed E-state index contributed by atoms with van der Waals surface area (Å²) >= 11 is 0. The van der Waals surface area contributed by atoms with Gasteiger partial charge in [0.25, 0.3) is 0 Å². The van der Waals surface area contributed by atoms with E-state index in [0.717, 1.165) is 36.9 Å². The summed E-state index contributed by atoms with van der Waals surface area (Å²) in [5, 5.41) is 21.2. The van der Waals surface area contributed by atoms with Crippen molar-refractivity contribution in [3.63, 3.8) is 0 Å². The van der Waals surface area contributed by atoms with E-state index in [1.165, 1.54) is 0 Å². The third-order valence-corrected chi connectivity index (χ3v) is 4.83. The summed E-state index contributed by atoms with van der Waals surface area (Å²) < 4.78 is 1.68. The molecule has 25 heavy (non-hydrogen) atoms. The van der Waals surface area contributed by atoms with Crippen LogP contribution in [0.4, 0.5) is 4.79 Å². The highest BCUT2D eigenvalue weighted by atomic mass is 16.3. The van der Waals surface area contributed by atoms with Crippen LogP contribution in [0.25, 0.3) is 5.69 Å². The largest absolute Gasteiger partial charge is 0.388 e. The summed E-state index contributed by atoms with van der Waals surface area (Å²) in [6.07, 6.45) is 7.00. The molecule has 0 aliphatic heterocycles. The van der Waals surface area contributed by atoms with E-state index in [0.29, 0.717) is 6.54 Å². The molecule has 3 rings (SSSR count). The standard InChI is InChI=1S/C18H25N5O2/c1-14(15-5-7-16(8-6-15)23-12-11-19-21-23)20-17(24)22(2)13-18(25)9-3-4-10-18/h5-8,11-12,14,25H,3-4,9-10,13H2,1-2H3,(H,20,24). The lowest BCUT2D eigenvalue weighted by molar-refractivity contribution is 0.0245. The van der Waals surface area contributed by atoms with Crippen molar-refractivity contribution in [2.24, 2.45) is 0 Å². The van der Waals surface area contributed by atoms with Gasteiger partial charge in [0.1, 0.15) is 0 Å². The lowest BCUT2D eigenvalue weighted by Crippen LogP contribution is -2.46. The molecule has 0 bridgehead atoms. The average molecular weight is 343 g/mol. The summed E-state index contributed by atoms with van der Waals surface area (Å²) in [4.78, 5) is 14.0. The summed E-state index contributed by atoms with van der Waals surface area (Å²) in [6.45, 7) is 2.32. The van der Waals surface area contributed by atoms with Gasteiger partial charge in [-0.2, -0.15) is 0 Å². The number of nitrogens with one attached hydrogen (secondary N) is 1. The van der Waals surface area contributed by atoms with E-state index < -0.39 is 5.60 Å². The maximum absolute atomic E-state index is 12.4. The van der Waals surface area contributed by atoms with E-state index in [4.69, 9.17) is 0 Å². The molecular formula is C18H25N5O2. The molecule has 0 radical (unpaired) electrons. The van der Waals surface area contributed by atoms with Crippen LogP contribution in [0.2, 0.25) is 0 Å². The second-order valence-corrected chi connectivity index (χ2v) is 6.90. The minimum Gasteiger partial charge on any atom is -0.388 e. The van der Waals surface area contributed by atoms with Gasteiger partial charge >= 0.3 is 6.03 Å². The molecule has 1 aromatic carbocycles. The Balaban J connectivity index is 1.57. The molecule has 1 unspecified atom stereocenters. The Kier molecular flexibility index (Phi) is 5.03. The fourth-order valence-corrected chi connectivity index (χ4v) is 3.34. The highest BCUT2D eigenvalue weighted by Gasteiger charge is 2.33. The number of aliphatic hydroxyl groups is 1. The topological polar surface area (TPSA) is 83.3 Å². The van der Waals surface area contributed by atoms with Crippen LogP contribution in [0.1, 0.15) is 44.2 Å². The van der Waals surface area contributed by atoms with Crippen LogP contribution in [0, 0.1) is 0 Å². The molecule has 1 atom stereocenters. The fraction of sp³-hybridized carbons (Fsp3) is 0.500. The Morgan fingerprint density at radius 2 is 2.04 bits per heavy atom. The molecule has 1 aliphatic carbocycles. The SMILES string of the molecule is CC(NC(=O)N(C)CC1(O)CCCC1)c1ccc(-n2ccnn2)cc1. The molecular weight excluding hydrogens is 318 g/mol. The molecule has 1 aromatic heterocycles. The van der Waals surface area contributed by atoms with Crippen LogP contribution in [0.3, 0.4) is 0 Å². The number of urea groups is 1. The van der Waals surface area contributed by atoms with Crippen LogP contribution in [-0.2, 0) is 0 Å². The quantitative estimate of drug-likeness (QED) is 0.872. The molecule has 1 aliphatic rings. The van der Waals surface area contributed by atoms with Crippen molar-refractivity contribution in [2.75, 3.05) is 13.6 Å².